The van der Waals surface area contributed by atoms with Crippen molar-refractivity contribution in [2.75, 3.05) is 0 Å². The van der Waals surface area contributed by atoms with E-state index in [-0.39, 0.29) is 6.54 Å². The monoisotopic (exact) mass is 282 g/mol. The predicted molar refractivity (Wildman–Crippen MR) is 66.6 cm³/mol. The Morgan fingerprint density at radius 2 is 1.95 bits per heavy atom. The van der Waals surface area contributed by atoms with Gasteiger partial charge in [0, 0.05) is 5.02 Å². The van der Waals surface area contributed by atoms with Crippen LogP contribution in [0.4, 0.5) is 4.79 Å². The Kier molecular flexibility index (Phi) is 3.71. The van der Waals surface area contributed by atoms with Crippen LogP contribution >= 0.6 is 11.6 Å². The summed E-state index contributed by atoms with van der Waals surface area (Å²) < 4.78 is 0. The molecule has 1 aliphatic rings. The van der Waals surface area contributed by atoms with E-state index in [1.54, 1.807) is 24.3 Å². The Morgan fingerprint density at radius 3 is 2.53 bits per heavy atom. The molecule has 6 nitrogen and oxygen atoms in total. The van der Waals surface area contributed by atoms with Crippen LogP contribution in [0, 0.1) is 0 Å². The molecule has 1 aromatic rings. The summed E-state index contributed by atoms with van der Waals surface area (Å²) in [6.07, 6.45) is -0.415. The van der Waals surface area contributed by atoms with Gasteiger partial charge >= 0.3 is 12.0 Å². The van der Waals surface area contributed by atoms with E-state index in [1.807, 2.05) is 0 Å². The minimum absolute atomic E-state index is 0.0952. The molecule has 0 radical (unpaired) electrons. The molecule has 1 saturated heterocycles. The number of nitrogens with zero attached hydrogens (tertiary/aromatic N) is 1. The van der Waals surface area contributed by atoms with E-state index < -0.39 is 30.4 Å². The van der Waals surface area contributed by atoms with Gasteiger partial charge in [0.2, 0.25) is 0 Å². The molecule has 2 N–H and O–H groups in total. The van der Waals surface area contributed by atoms with Crippen LogP contribution in [-0.4, -0.2) is 34.0 Å². The van der Waals surface area contributed by atoms with E-state index in [0.717, 1.165) is 10.5 Å². The van der Waals surface area contributed by atoms with Crippen LogP contribution < -0.4 is 5.32 Å². The molecule has 2 rings (SSSR count). The minimum Gasteiger partial charge on any atom is -0.481 e. The Hall–Kier alpha value is -2.08. The summed E-state index contributed by atoms with van der Waals surface area (Å²) in [5.41, 5.74) is 0.740. The maximum Gasteiger partial charge on any atom is 0.325 e. The average molecular weight is 283 g/mol. The summed E-state index contributed by atoms with van der Waals surface area (Å²) in [6, 6.07) is 5.15. The second kappa shape index (κ2) is 5.27. The first-order valence-electron chi connectivity index (χ1n) is 5.55. The minimum atomic E-state index is -1.13. The second-order valence-corrected chi connectivity index (χ2v) is 4.59. The summed E-state index contributed by atoms with van der Waals surface area (Å²) in [6.45, 7) is 0.0952. The maximum atomic E-state index is 11.9. The van der Waals surface area contributed by atoms with Crippen LogP contribution in [0.3, 0.4) is 0 Å². The van der Waals surface area contributed by atoms with E-state index in [4.69, 9.17) is 16.7 Å². The molecule has 19 heavy (non-hydrogen) atoms. The van der Waals surface area contributed by atoms with Crippen LogP contribution in [0.2, 0.25) is 5.02 Å². The number of carbonyl (C=O) groups is 3. The van der Waals surface area contributed by atoms with Crippen molar-refractivity contribution >= 4 is 29.5 Å². The fourth-order valence-corrected chi connectivity index (χ4v) is 1.94. The van der Waals surface area contributed by atoms with E-state index in [9.17, 15) is 14.4 Å². The Balaban J connectivity index is 2.08. The number of imide groups is 1. The van der Waals surface area contributed by atoms with E-state index in [2.05, 4.69) is 5.32 Å². The fraction of sp³-hybridized carbons (Fsp3) is 0.250. The number of rotatable bonds is 4. The lowest BCUT2D eigenvalue weighted by Gasteiger charge is -2.12. The van der Waals surface area contributed by atoms with Crippen molar-refractivity contribution in [3.8, 4) is 0 Å². The van der Waals surface area contributed by atoms with Crippen molar-refractivity contribution in [2.24, 2.45) is 0 Å². The fourth-order valence-electron chi connectivity index (χ4n) is 1.81. The highest BCUT2D eigenvalue weighted by Gasteiger charge is 2.38. The molecular formula is C12H11ClN2O4. The lowest BCUT2D eigenvalue weighted by Crippen LogP contribution is -2.32. The molecule has 1 atom stereocenters. The molecule has 0 aliphatic carbocycles. The van der Waals surface area contributed by atoms with Gasteiger partial charge in [-0.3, -0.25) is 14.5 Å². The third-order valence-corrected chi connectivity index (χ3v) is 2.99. The van der Waals surface area contributed by atoms with Crippen LogP contribution in [0.1, 0.15) is 12.0 Å². The number of carbonyl (C=O) groups excluding carboxylic acids is 2. The van der Waals surface area contributed by atoms with Gasteiger partial charge in [-0.25, -0.2) is 4.79 Å². The summed E-state index contributed by atoms with van der Waals surface area (Å²) in [7, 11) is 0. The molecule has 0 unspecified atom stereocenters. The van der Waals surface area contributed by atoms with E-state index in [1.165, 1.54) is 0 Å². The van der Waals surface area contributed by atoms with Gasteiger partial charge in [-0.2, -0.15) is 0 Å². The maximum absolute atomic E-state index is 11.9. The zero-order valence-electron chi connectivity index (χ0n) is 9.80. The molecule has 7 heteroatoms. The number of halogens is 1. The Labute approximate surface area is 114 Å². The second-order valence-electron chi connectivity index (χ2n) is 4.15. The molecule has 3 amide bonds. The number of hydrogen-bond donors (Lipinski definition) is 2. The van der Waals surface area contributed by atoms with Crippen molar-refractivity contribution in [1.82, 2.24) is 10.2 Å². The largest absolute Gasteiger partial charge is 0.481 e. The highest BCUT2D eigenvalue weighted by atomic mass is 35.5. The predicted octanol–water partition coefficient (Wildman–Crippen LogP) is 1.24. The molecule has 1 aliphatic heterocycles. The highest BCUT2D eigenvalue weighted by molar-refractivity contribution is 6.30. The van der Waals surface area contributed by atoms with Gasteiger partial charge < -0.3 is 10.4 Å². The standard InChI is InChI=1S/C12H11ClN2O4/c13-8-3-1-7(2-4-8)6-15-11(18)9(5-10(16)17)14-12(15)19/h1-4,9H,5-6H2,(H,14,19)(H,16,17)/t9-/m0/s1. The van der Waals surface area contributed by atoms with Crippen molar-refractivity contribution in [2.45, 2.75) is 19.0 Å². The smallest absolute Gasteiger partial charge is 0.325 e. The van der Waals surface area contributed by atoms with Crippen molar-refractivity contribution in [3.05, 3.63) is 34.9 Å². The van der Waals surface area contributed by atoms with Crippen LogP contribution in [0.5, 0.6) is 0 Å². The summed E-state index contributed by atoms with van der Waals surface area (Å²) in [5, 5.41) is 11.6. The van der Waals surface area contributed by atoms with Gasteiger partial charge in [0.1, 0.15) is 6.04 Å². The topological polar surface area (TPSA) is 86.7 Å². The Bertz CT molecular complexity index is 529. The molecule has 0 aromatic heterocycles. The number of urea groups is 1. The highest BCUT2D eigenvalue weighted by Crippen LogP contribution is 2.16. The molecule has 1 fully saturated rings. The third-order valence-electron chi connectivity index (χ3n) is 2.74. The number of amides is 3. The van der Waals surface area contributed by atoms with Crippen molar-refractivity contribution < 1.29 is 19.5 Å². The number of carboxylic acids is 1. The molecule has 0 saturated carbocycles. The molecule has 1 aromatic carbocycles. The number of aliphatic carboxylic acids is 1. The van der Waals surface area contributed by atoms with Gasteiger partial charge in [-0.05, 0) is 17.7 Å². The Morgan fingerprint density at radius 1 is 1.32 bits per heavy atom. The summed E-state index contributed by atoms with van der Waals surface area (Å²) in [4.78, 5) is 35.1. The summed E-state index contributed by atoms with van der Waals surface area (Å²) in [5.74, 6) is -1.66. The van der Waals surface area contributed by atoms with Gasteiger partial charge in [0.25, 0.3) is 5.91 Å². The first-order chi connectivity index (χ1) is 8.97. The van der Waals surface area contributed by atoms with Gasteiger partial charge in [0.15, 0.2) is 0 Å². The van der Waals surface area contributed by atoms with Gasteiger partial charge in [-0.1, -0.05) is 23.7 Å². The lowest BCUT2D eigenvalue weighted by atomic mass is 10.2. The number of hydrogen-bond acceptors (Lipinski definition) is 3. The third kappa shape index (κ3) is 3.03. The molecule has 1 heterocycles. The number of nitrogens with one attached hydrogen (secondary N) is 1. The zero-order chi connectivity index (χ0) is 14.0. The quantitative estimate of drug-likeness (QED) is 0.813. The zero-order valence-corrected chi connectivity index (χ0v) is 10.6. The molecular weight excluding hydrogens is 272 g/mol. The van der Waals surface area contributed by atoms with E-state index >= 15 is 0 Å². The van der Waals surface area contributed by atoms with Crippen molar-refractivity contribution in [1.29, 1.82) is 0 Å². The molecule has 0 spiro atoms. The number of benzene rings is 1. The normalized spacial score (nSPS) is 18.6. The van der Waals surface area contributed by atoms with Crippen LogP contribution in [-0.2, 0) is 16.1 Å². The first-order valence-corrected chi connectivity index (χ1v) is 5.93. The lowest BCUT2D eigenvalue weighted by molar-refractivity contribution is -0.140. The van der Waals surface area contributed by atoms with Crippen LogP contribution in [0.15, 0.2) is 24.3 Å². The van der Waals surface area contributed by atoms with Crippen LogP contribution in [0.25, 0.3) is 0 Å². The summed E-state index contributed by atoms with van der Waals surface area (Å²) >= 11 is 5.74. The first kappa shape index (κ1) is 13.4. The SMILES string of the molecule is O=C(O)C[C@@H]1NC(=O)N(Cc2ccc(Cl)cc2)C1=O. The van der Waals surface area contributed by atoms with Gasteiger partial charge in [0.05, 0.1) is 13.0 Å². The van der Waals surface area contributed by atoms with Crippen molar-refractivity contribution in [3.63, 3.8) is 0 Å². The molecule has 0 bridgehead atoms. The average Bonchev–Trinajstić information content (AvgIpc) is 2.59. The van der Waals surface area contributed by atoms with E-state index in [0.29, 0.717) is 5.02 Å². The van der Waals surface area contributed by atoms with Gasteiger partial charge in [-0.15, -0.1) is 0 Å². The number of carboxylic acid groups (broad SMARTS) is 1. The molecule has 100 valence electrons.